The van der Waals surface area contributed by atoms with Crippen molar-refractivity contribution in [3.05, 3.63) is 33.9 Å². The van der Waals surface area contributed by atoms with Gasteiger partial charge in [0.05, 0.1) is 23.1 Å². The van der Waals surface area contributed by atoms with Gasteiger partial charge in [-0.05, 0) is 12.1 Å². The molecule has 1 aromatic carbocycles. The molecule has 1 aliphatic rings. The third-order valence-corrected chi connectivity index (χ3v) is 4.12. The van der Waals surface area contributed by atoms with E-state index in [1.165, 1.54) is 18.2 Å². The average molecular weight is 350 g/mol. The Bertz CT molecular complexity index is 631. The Hall–Kier alpha value is -2.52. The van der Waals surface area contributed by atoms with E-state index in [2.05, 4.69) is 15.5 Å². The maximum Gasteiger partial charge on any atom is 0.280 e. The van der Waals surface area contributed by atoms with E-state index in [0.29, 0.717) is 18.5 Å². The average Bonchev–Trinajstić information content (AvgIpc) is 2.65. The summed E-state index contributed by atoms with van der Waals surface area (Å²) in [5.41, 5.74) is -0.293. The van der Waals surface area contributed by atoms with Crippen LogP contribution in [0.2, 0.25) is 0 Å². The van der Waals surface area contributed by atoms with Gasteiger partial charge in [-0.25, -0.2) is 0 Å². The number of carbonyl (C=O) groups is 2. The molecule has 0 bridgehead atoms. The van der Waals surface area contributed by atoms with Crippen molar-refractivity contribution in [3.8, 4) is 5.75 Å². The van der Waals surface area contributed by atoms with Crippen LogP contribution in [-0.4, -0.2) is 67.9 Å². The summed E-state index contributed by atoms with van der Waals surface area (Å²) < 4.78 is 5.60. The van der Waals surface area contributed by atoms with Gasteiger partial charge >= 0.3 is 0 Å². The quantitative estimate of drug-likeness (QED) is 0.391. The van der Waals surface area contributed by atoms with Crippen LogP contribution in [0.1, 0.15) is 16.8 Å². The van der Waals surface area contributed by atoms with Crippen molar-refractivity contribution < 1.29 is 19.2 Å². The monoisotopic (exact) mass is 350 g/mol. The number of carbonyl (C=O) groups excluding carboxylic acids is 2. The molecule has 2 N–H and O–H groups in total. The highest BCUT2D eigenvalue weighted by atomic mass is 16.6. The minimum absolute atomic E-state index is 0.0348. The molecular weight excluding hydrogens is 328 g/mol. The zero-order valence-corrected chi connectivity index (χ0v) is 14.1. The van der Waals surface area contributed by atoms with E-state index in [0.717, 1.165) is 26.2 Å². The van der Waals surface area contributed by atoms with Crippen molar-refractivity contribution in [2.45, 2.75) is 12.5 Å². The first kappa shape index (κ1) is 18.8. The fraction of sp³-hybridized carbons (Fsp3) is 0.500. The van der Waals surface area contributed by atoms with Gasteiger partial charge in [0, 0.05) is 45.7 Å². The SMILES string of the molecule is CNC(=O)C(CCOc1ccc([N+](=O)[O-])c(C=O)c1)N1CCNCC1. The number of hydrogen-bond donors (Lipinski definition) is 2. The van der Waals surface area contributed by atoms with E-state index in [4.69, 9.17) is 4.74 Å². The predicted octanol–water partition coefficient (Wildman–Crippen LogP) is 0.196. The molecule has 1 unspecified atom stereocenters. The van der Waals surface area contributed by atoms with Crippen LogP contribution in [0, 0.1) is 10.1 Å². The number of amides is 1. The Morgan fingerprint density at radius 2 is 2.20 bits per heavy atom. The number of ether oxygens (including phenoxy) is 1. The maximum absolute atomic E-state index is 12.1. The van der Waals surface area contributed by atoms with Crippen LogP contribution in [0.4, 0.5) is 5.69 Å². The zero-order valence-electron chi connectivity index (χ0n) is 14.1. The lowest BCUT2D eigenvalue weighted by Crippen LogP contribution is -2.53. The molecule has 1 heterocycles. The number of nitro groups is 1. The Morgan fingerprint density at radius 1 is 1.48 bits per heavy atom. The summed E-state index contributed by atoms with van der Waals surface area (Å²) in [5, 5.41) is 16.7. The van der Waals surface area contributed by atoms with Crippen molar-refractivity contribution in [1.82, 2.24) is 15.5 Å². The molecule has 1 saturated heterocycles. The lowest BCUT2D eigenvalue weighted by molar-refractivity contribution is -0.385. The van der Waals surface area contributed by atoms with Crippen molar-refractivity contribution >= 4 is 17.9 Å². The van der Waals surface area contributed by atoms with Crippen LogP contribution in [0.3, 0.4) is 0 Å². The number of rotatable bonds is 8. The standard InChI is InChI=1S/C16H22N4O5/c1-17-16(22)15(19-7-5-18-6-8-19)4-9-25-13-2-3-14(20(23)24)12(10-13)11-21/h2-3,10-11,15,18H,4-9H2,1H3,(H,17,22). The highest BCUT2D eigenvalue weighted by Gasteiger charge is 2.26. The molecule has 2 rings (SSSR count). The van der Waals surface area contributed by atoms with E-state index in [9.17, 15) is 19.7 Å². The third-order valence-electron chi connectivity index (χ3n) is 4.12. The molecule has 1 amide bonds. The van der Waals surface area contributed by atoms with E-state index >= 15 is 0 Å². The van der Waals surface area contributed by atoms with E-state index in [1.54, 1.807) is 7.05 Å². The van der Waals surface area contributed by atoms with E-state index in [1.807, 2.05) is 0 Å². The summed E-state index contributed by atoms with van der Waals surface area (Å²) in [6, 6.07) is 3.73. The second kappa shape index (κ2) is 9.09. The number of nitro benzene ring substituents is 1. The molecule has 1 aromatic rings. The lowest BCUT2D eigenvalue weighted by Gasteiger charge is -2.33. The molecule has 0 aliphatic carbocycles. The van der Waals surface area contributed by atoms with E-state index in [-0.39, 0.29) is 29.8 Å². The molecular formula is C16H22N4O5. The molecule has 136 valence electrons. The predicted molar refractivity (Wildman–Crippen MR) is 90.9 cm³/mol. The van der Waals surface area contributed by atoms with Crippen LogP contribution in [0.15, 0.2) is 18.2 Å². The van der Waals surface area contributed by atoms with Crippen LogP contribution >= 0.6 is 0 Å². The highest BCUT2D eigenvalue weighted by molar-refractivity contribution is 5.82. The van der Waals surface area contributed by atoms with Gasteiger partial charge in [-0.15, -0.1) is 0 Å². The molecule has 0 saturated carbocycles. The highest BCUT2D eigenvalue weighted by Crippen LogP contribution is 2.23. The van der Waals surface area contributed by atoms with Gasteiger partial charge in [0.1, 0.15) is 5.75 Å². The number of nitrogens with one attached hydrogen (secondary N) is 2. The Balaban J connectivity index is 1.98. The summed E-state index contributed by atoms with van der Waals surface area (Å²) in [7, 11) is 1.60. The number of benzene rings is 1. The fourth-order valence-electron chi connectivity index (χ4n) is 2.81. The van der Waals surface area contributed by atoms with Gasteiger partial charge in [-0.1, -0.05) is 0 Å². The molecule has 1 fully saturated rings. The topological polar surface area (TPSA) is 114 Å². The Morgan fingerprint density at radius 3 is 2.80 bits per heavy atom. The first-order valence-electron chi connectivity index (χ1n) is 8.09. The number of hydrogen-bond acceptors (Lipinski definition) is 7. The van der Waals surface area contributed by atoms with Gasteiger partial charge < -0.3 is 15.4 Å². The summed E-state index contributed by atoms with van der Waals surface area (Å²) in [6.45, 7) is 3.49. The third kappa shape index (κ3) is 4.97. The maximum atomic E-state index is 12.1. The second-order valence-corrected chi connectivity index (χ2v) is 5.65. The number of piperazine rings is 1. The summed E-state index contributed by atoms with van der Waals surface area (Å²) in [6.07, 6.45) is 0.909. The second-order valence-electron chi connectivity index (χ2n) is 5.65. The normalized spacial score (nSPS) is 16.0. The first-order valence-corrected chi connectivity index (χ1v) is 8.09. The van der Waals surface area contributed by atoms with Crippen molar-refractivity contribution in [1.29, 1.82) is 0 Å². The van der Waals surface area contributed by atoms with Gasteiger partial charge in [-0.3, -0.25) is 24.6 Å². The molecule has 9 nitrogen and oxygen atoms in total. The van der Waals surface area contributed by atoms with Crippen molar-refractivity contribution in [2.75, 3.05) is 39.8 Å². The molecule has 9 heteroatoms. The van der Waals surface area contributed by atoms with Gasteiger partial charge in [0.15, 0.2) is 6.29 Å². The van der Waals surface area contributed by atoms with Gasteiger partial charge in [0.25, 0.3) is 5.69 Å². The fourth-order valence-corrected chi connectivity index (χ4v) is 2.81. The van der Waals surface area contributed by atoms with Crippen molar-refractivity contribution in [2.24, 2.45) is 0 Å². The van der Waals surface area contributed by atoms with Crippen LogP contribution in [0.5, 0.6) is 5.75 Å². The largest absolute Gasteiger partial charge is 0.493 e. The van der Waals surface area contributed by atoms with Crippen LogP contribution in [0.25, 0.3) is 0 Å². The van der Waals surface area contributed by atoms with Gasteiger partial charge in [-0.2, -0.15) is 0 Å². The molecule has 1 aliphatic heterocycles. The minimum Gasteiger partial charge on any atom is -0.493 e. The first-order chi connectivity index (χ1) is 12.1. The molecule has 0 aromatic heterocycles. The Kier molecular flexibility index (Phi) is 6.84. The number of nitrogens with zero attached hydrogens (tertiary/aromatic N) is 2. The van der Waals surface area contributed by atoms with E-state index < -0.39 is 4.92 Å². The summed E-state index contributed by atoms with van der Waals surface area (Å²) in [5.74, 6) is 0.298. The Labute approximate surface area is 145 Å². The van der Waals surface area contributed by atoms with Crippen LogP contribution < -0.4 is 15.4 Å². The van der Waals surface area contributed by atoms with Crippen LogP contribution in [-0.2, 0) is 4.79 Å². The summed E-state index contributed by atoms with van der Waals surface area (Å²) >= 11 is 0. The van der Waals surface area contributed by atoms with Gasteiger partial charge in [0.2, 0.25) is 5.91 Å². The van der Waals surface area contributed by atoms with Crippen molar-refractivity contribution in [3.63, 3.8) is 0 Å². The zero-order chi connectivity index (χ0) is 18.2. The number of likely N-dealkylation sites (N-methyl/N-ethyl adjacent to an activating group) is 1. The molecule has 0 radical (unpaired) electrons. The number of aldehydes is 1. The lowest BCUT2D eigenvalue weighted by atomic mass is 10.1. The molecule has 0 spiro atoms. The molecule has 25 heavy (non-hydrogen) atoms. The smallest absolute Gasteiger partial charge is 0.280 e. The summed E-state index contributed by atoms with van der Waals surface area (Å²) in [4.78, 5) is 35.4. The minimum atomic E-state index is -0.612. The molecule has 1 atom stereocenters.